The predicted molar refractivity (Wildman–Crippen MR) is 126 cm³/mol. The first-order valence-corrected chi connectivity index (χ1v) is 12.2. The zero-order chi connectivity index (χ0) is 20.9. The monoisotopic (exact) mass is 402 g/mol. The molecule has 4 rings (SSSR count). The first-order chi connectivity index (χ1) is 14.6. The van der Waals surface area contributed by atoms with E-state index in [0.717, 1.165) is 12.8 Å². The Hall–Kier alpha value is -1.89. The minimum Gasteiger partial charge on any atom is -0.300 e. The topological polar surface area (TPSA) is 17.1 Å². The molecular formula is C29H38O. The Labute approximate surface area is 183 Å². The van der Waals surface area contributed by atoms with Crippen LogP contribution in [0.4, 0.5) is 0 Å². The van der Waals surface area contributed by atoms with Crippen molar-refractivity contribution in [2.24, 2.45) is 11.8 Å². The molecule has 0 N–H and O–H groups in total. The summed E-state index contributed by atoms with van der Waals surface area (Å²) in [5.74, 6) is 2.65. The molecule has 2 fully saturated rings. The number of hydrogen-bond acceptors (Lipinski definition) is 1. The number of aryl methyl sites for hydroxylation is 2. The Bertz CT molecular complexity index is 735. The molecule has 0 spiro atoms. The fraction of sp³-hybridized carbons (Fsp3) is 0.552. The van der Waals surface area contributed by atoms with Gasteiger partial charge in [0.05, 0.1) is 0 Å². The maximum absolute atomic E-state index is 13.5. The zero-order valence-electron chi connectivity index (χ0n) is 18.9. The van der Waals surface area contributed by atoms with E-state index in [2.05, 4.69) is 62.4 Å². The lowest BCUT2D eigenvalue weighted by atomic mass is 9.77. The molecule has 0 amide bonds. The Morgan fingerprint density at radius 2 is 1.00 bits per heavy atom. The van der Waals surface area contributed by atoms with E-state index in [-0.39, 0.29) is 0 Å². The molecular weight excluding hydrogens is 364 g/mol. The summed E-state index contributed by atoms with van der Waals surface area (Å²) >= 11 is 0. The smallest absolute Gasteiger partial charge is 0.134 e. The second-order valence-electron chi connectivity index (χ2n) is 10.1. The lowest BCUT2D eigenvalue weighted by molar-refractivity contribution is -0.120. The van der Waals surface area contributed by atoms with Gasteiger partial charge in [-0.2, -0.15) is 0 Å². The van der Waals surface area contributed by atoms with Crippen molar-refractivity contribution in [3.05, 3.63) is 70.8 Å². The molecule has 1 heteroatoms. The number of Topliss-reactive ketones (excluding diaryl/α,β-unsaturated/α-hetero) is 1. The molecule has 2 atom stereocenters. The van der Waals surface area contributed by atoms with Gasteiger partial charge in [-0.05, 0) is 74.3 Å². The van der Waals surface area contributed by atoms with Gasteiger partial charge in [-0.3, -0.25) is 4.79 Å². The lowest BCUT2D eigenvalue weighted by Gasteiger charge is -2.27. The molecule has 0 bridgehead atoms. The van der Waals surface area contributed by atoms with E-state index in [0.29, 0.717) is 29.5 Å². The van der Waals surface area contributed by atoms with E-state index in [4.69, 9.17) is 0 Å². The molecule has 1 nitrogen and oxygen atoms in total. The number of carbonyl (C=O) groups excluding carboxylic acids is 1. The summed E-state index contributed by atoms with van der Waals surface area (Å²) in [7, 11) is 0. The van der Waals surface area contributed by atoms with Crippen LogP contribution in [0.15, 0.2) is 48.5 Å². The van der Waals surface area contributed by atoms with Crippen molar-refractivity contribution in [1.29, 1.82) is 0 Å². The van der Waals surface area contributed by atoms with Gasteiger partial charge in [0.2, 0.25) is 0 Å². The van der Waals surface area contributed by atoms with Crippen LogP contribution in [0, 0.1) is 25.7 Å². The number of ketones is 1. The van der Waals surface area contributed by atoms with Crippen molar-refractivity contribution in [2.75, 3.05) is 0 Å². The van der Waals surface area contributed by atoms with Gasteiger partial charge < -0.3 is 0 Å². The number of benzene rings is 2. The summed E-state index contributed by atoms with van der Waals surface area (Å²) in [6, 6.07) is 18.0. The van der Waals surface area contributed by atoms with Gasteiger partial charge in [-0.1, -0.05) is 85.3 Å². The van der Waals surface area contributed by atoms with Crippen LogP contribution in [0.5, 0.6) is 0 Å². The fourth-order valence-corrected chi connectivity index (χ4v) is 6.03. The quantitative estimate of drug-likeness (QED) is 0.438. The fourth-order valence-electron chi connectivity index (χ4n) is 6.03. The second-order valence-corrected chi connectivity index (χ2v) is 10.1. The highest BCUT2D eigenvalue weighted by Gasteiger charge is 2.32. The van der Waals surface area contributed by atoms with Crippen molar-refractivity contribution in [3.63, 3.8) is 0 Å². The number of carbonyl (C=O) groups is 1. The molecule has 30 heavy (non-hydrogen) atoms. The zero-order valence-corrected chi connectivity index (χ0v) is 18.9. The van der Waals surface area contributed by atoms with Crippen LogP contribution in [0.2, 0.25) is 0 Å². The molecule has 2 aliphatic rings. The van der Waals surface area contributed by atoms with Gasteiger partial charge in [-0.25, -0.2) is 0 Å². The highest BCUT2D eigenvalue weighted by molar-refractivity contribution is 5.80. The van der Waals surface area contributed by atoms with E-state index < -0.39 is 0 Å². The Morgan fingerprint density at radius 3 is 1.33 bits per heavy atom. The van der Waals surface area contributed by atoms with Gasteiger partial charge in [-0.15, -0.1) is 0 Å². The molecule has 0 unspecified atom stereocenters. The average molecular weight is 403 g/mol. The van der Waals surface area contributed by atoms with E-state index in [1.165, 1.54) is 73.6 Å². The van der Waals surface area contributed by atoms with Crippen LogP contribution in [-0.4, -0.2) is 5.78 Å². The summed E-state index contributed by atoms with van der Waals surface area (Å²) in [6.07, 6.45) is 11.9. The molecule has 2 aliphatic carbocycles. The molecule has 2 aromatic rings. The first-order valence-electron chi connectivity index (χ1n) is 12.2. The standard InChI is InChI=1S/C29H38O/c1-21-11-15-25(16-12-21)28(23-7-3-4-8-23)19-27(30)20-29(24-9-5-6-10-24)26-17-13-22(2)14-18-26/h11-18,23-24,28-29H,3-10,19-20H2,1-2H3/t28-,29-/m1/s1. The van der Waals surface area contributed by atoms with Gasteiger partial charge in [0, 0.05) is 12.8 Å². The van der Waals surface area contributed by atoms with Crippen molar-refractivity contribution < 1.29 is 4.79 Å². The third-order valence-corrected chi connectivity index (χ3v) is 7.84. The molecule has 0 radical (unpaired) electrons. The molecule has 2 aromatic carbocycles. The Morgan fingerprint density at radius 1 is 0.667 bits per heavy atom. The minimum absolute atomic E-state index is 0.405. The molecule has 0 saturated heterocycles. The molecule has 0 aliphatic heterocycles. The Kier molecular flexibility index (Phi) is 7.08. The largest absolute Gasteiger partial charge is 0.300 e. The molecule has 2 saturated carbocycles. The van der Waals surface area contributed by atoms with E-state index >= 15 is 0 Å². The molecule has 160 valence electrons. The van der Waals surface area contributed by atoms with Crippen molar-refractivity contribution in [1.82, 2.24) is 0 Å². The van der Waals surface area contributed by atoms with Gasteiger partial charge in [0.25, 0.3) is 0 Å². The minimum atomic E-state index is 0.405. The second kappa shape index (κ2) is 9.94. The van der Waals surface area contributed by atoms with Crippen molar-refractivity contribution >= 4 is 5.78 Å². The van der Waals surface area contributed by atoms with Crippen LogP contribution >= 0.6 is 0 Å². The van der Waals surface area contributed by atoms with Crippen LogP contribution < -0.4 is 0 Å². The summed E-state index contributed by atoms with van der Waals surface area (Å²) in [5, 5.41) is 0. The van der Waals surface area contributed by atoms with Crippen molar-refractivity contribution in [3.8, 4) is 0 Å². The SMILES string of the molecule is Cc1ccc([C@H](CC(=O)C[C@@H](c2ccc(C)cc2)C2CCCC2)C2CCCC2)cc1. The lowest BCUT2D eigenvalue weighted by Crippen LogP contribution is -2.19. The van der Waals surface area contributed by atoms with Crippen LogP contribution in [-0.2, 0) is 4.79 Å². The van der Waals surface area contributed by atoms with E-state index in [9.17, 15) is 4.79 Å². The van der Waals surface area contributed by atoms with Crippen LogP contribution in [0.1, 0.15) is 98.3 Å². The van der Waals surface area contributed by atoms with E-state index in [1.807, 2.05) is 0 Å². The molecule has 0 heterocycles. The Balaban J connectivity index is 1.51. The number of rotatable bonds is 8. The third kappa shape index (κ3) is 5.23. The summed E-state index contributed by atoms with van der Waals surface area (Å²) in [6.45, 7) is 4.29. The summed E-state index contributed by atoms with van der Waals surface area (Å²) in [4.78, 5) is 13.5. The van der Waals surface area contributed by atoms with Gasteiger partial charge in [0.1, 0.15) is 5.78 Å². The maximum atomic E-state index is 13.5. The average Bonchev–Trinajstić information content (AvgIpc) is 3.46. The summed E-state index contributed by atoms with van der Waals surface area (Å²) < 4.78 is 0. The summed E-state index contributed by atoms with van der Waals surface area (Å²) in [5.41, 5.74) is 5.37. The number of hydrogen-bond donors (Lipinski definition) is 0. The first kappa shape index (κ1) is 21.3. The maximum Gasteiger partial charge on any atom is 0.134 e. The third-order valence-electron chi connectivity index (χ3n) is 7.84. The van der Waals surface area contributed by atoms with Crippen LogP contribution in [0.3, 0.4) is 0 Å². The van der Waals surface area contributed by atoms with Gasteiger partial charge in [0.15, 0.2) is 0 Å². The normalized spacial score (nSPS) is 19.8. The molecule has 0 aromatic heterocycles. The van der Waals surface area contributed by atoms with Crippen LogP contribution in [0.25, 0.3) is 0 Å². The highest BCUT2D eigenvalue weighted by Crippen LogP contribution is 2.43. The predicted octanol–water partition coefficient (Wildman–Crippen LogP) is 7.90. The van der Waals surface area contributed by atoms with Crippen molar-refractivity contribution in [2.45, 2.75) is 89.9 Å². The highest BCUT2D eigenvalue weighted by atomic mass is 16.1. The van der Waals surface area contributed by atoms with E-state index in [1.54, 1.807) is 0 Å². The van der Waals surface area contributed by atoms with Gasteiger partial charge >= 0.3 is 0 Å².